The van der Waals surface area contributed by atoms with Crippen LogP contribution in [0.25, 0.3) is 0 Å². The minimum absolute atomic E-state index is 0.221. The molecular weight excluding hydrogens is 194 g/mol. The summed E-state index contributed by atoms with van der Waals surface area (Å²) in [6.45, 7) is 6.46. The summed E-state index contributed by atoms with van der Waals surface area (Å²) in [7, 11) is 1.75. The third-order valence-corrected chi connectivity index (χ3v) is 2.63. The summed E-state index contributed by atoms with van der Waals surface area (Å²) in [6, 6.07) is -0.275. The van der Waals surface area contributed by atoms with E-state index >= 15 is 0 Å². The van der Waals surface area contributed by atoms with E-state index in [0.29, 0.717) is 6.54 Å². The number of amides is 1. The average molecular weight is 215 g/mol. The number of nitrogens with zero attached hydrogens (tertiary/aromatic N) is 1. The van der Waals surface area contributed by atoms with E-state index in [9.17, 15) is 4.79 Å². The summed E-state index contributed by atoms with van der Waals surface area (Å²) in [5.74, 6) is -0.302. The molecule has 0 spiro atoms. The second kappa shape index (κ2) is 5.44. The van der Waals surface area contributed by atoms with E-state index in [4.69, 9.17) is 10.5 Å². The summed E-state index contributed by atoms with van der Waals surface area (Å²) in [5.41, 5.74) is 5.27. The van der Waals surface area contributed by atoms with Gasteiger partial charge in [0.1, 0.15) is 0 Å². The number of morpholine rings is 1. The third-order valence-electron chi connectivity index (χ3n) is 2.63. The molecule has 0 aromatic rings. The molecule has 1 aliphatic heterocycles. The van der Waals surface area contributed by atoms with Gasteiger partial charge in [-0.15, -0.1) is 0 Å². The van der Waals surface area contributed by atoms with Crippen LogP contribution >= 0.6 is 0 Å². The Morgan fingerprint density at radius 2 is 2.07 bits per heavy atom. The van der Waals surface area contributed by atoms with Crippen LogP contribution in [0.1, 0.15) is 13.8 Å². The molecule has 3 N–H and O–H groups in total. The maximum absolute atomic E-state index is 11.1. The summed E-state index contributed by atoms with van der Waals surface area (Å²) in [5, 5.41) is 2.92. The fourth-order valence-corrected chi connectivity index (χ4v) is 2.02. The van der Waals surface area contributed by atoms with E-state index in [1.807, 2.05) is 13.8 Å². The topological polar surface area (TPSA) is 67.6 Å². The van der Waals surface area contributed by atoms with Crippen LogP contribution in [0.4, 0.5) is 0 Å². The number of hydrogen-bond donors (Lipinski definition) is 2. The fourth-order valence-electron chi connectivity index (χ4n) is 2.02. The van der Waals surface area contributed by atoms with Crippen molar-refractivity contribution in [3.63, 3.8) is 0 Å². The molecule has 0 aromatic carbocycles. The van der Waals surface area contributed by atoms with Gasteiger partial charge in [-0.25, -0.2) is 0 Å². The maximum Gasteiger partial charge on any atom is 0.235 e. The Morgan fingerprint density at radius 1 is 1.53 bits per heavy atom. The van der Waals surface area contributed by atoms with Gasteiger partial charge in [0, 0.05) is 19.6 Å². The lowest BCUT2D eigenvalue weighted by Crippen LogP contribution is -2.53. The highest BCUT2D eigenvalue weighted by Gasteiger charge is 2.25. The molecule has 0 aliphatic carbocycles. The van der Waals surface area contributed by atoms with Crippen LogP contribution in [-0.4, -0.2) is 55.7 Å². The molecule has 3 unspecified atom stereocenters. The number of carbonyl (C=O) groups excluding carboxylic acids is 1. The van der Waals surface area contributed by atoms with Gasteiger partial charge in [-0.1, -0.05) is 0 Å². The molecule has 5 heteroatoms. The number of primary amides is 1. The van der Waals surface area contributed by atoms with Gasteiger partial charge in [-0.05, 0) is 20.9 Å². The van der Waals surface area contributed by atoms with Crippen molar-refractivity contribution in [3.8, 4) is 0 Å². The molecule has 15 heavy (non-hydrogen) atoms. The van der Waals surface area contributed by atoms with Gasteiger partial charge < -0.3 is 15.8 Å². The molecule has 5 nitrogen and oxygen atoms in total. The van der Waals surface area contributed by atoms with Crippen LogP contribution in [-0.2, 0) is 9.53 Å². The quantitative estimate of drug-likeness (QED) is 0.642. The first-order valence-corrected chi connectivity index (χ1v) is 5.37. The van der Waals surface area contributed by atoms with Gasteiger partial charge in [0.15, 0.2) is 0 Å². The number of nitrogens with two attached hydrogens (primary N) is 1. The van der Waals surface area contributed by atoms with Crippen molar-refractivity contribution in [2.75, 3.05) is 26.7 Å². The number of hydrogen-bond acceptors (Lipinski definition) is 4. The zero-order chi connectivity index (χ0) is 11.4. The van der Waals surface area contributed by atoms with E-state index in [0.717, 1.165) is 13.1 Å². The van der Waals surface area contributed by atoms with E-state index in [2.05, 4.69) is 10.2 Å². The van der Waals surface area contributed by atoms with Crippen molar-refractivity contribution in [3.05, 3.63) is 0 Å². The molecule has 0 aromatic heterocycles. The Labute approximate surface area is 90.9 Å². The maximum atomic E-state index is 11.1. The zero-order valence-electron chi connectivity index (χ0n) is 9.69. The first-order valence-electron chi connectivity index (χ1n) is 5.37. The Morgan fingerprint density at radius 3 is 2.47 bits per heavy atom. The van der Waals surface area contributed by atoms with Crippen LogP contribution in [0.5, 0.6) is 0 Å². The molecule has 1 amide bonds. The molecule has 1 aliphatic rings. The van der Waals surface area contributed by atoms with Crippen LogP contribution < -0.4 is 11.1 Å². The highest BCUT2D eigenvalue weighted by atomic mass is 16.5. The molecule has 0 saturated carbocycles. The van der Waals surface area contributed by atoms with Gasteiger partial charge in [-0.2, -0.15) is 0 Å². The van der Waals surface area contributed by atoms with Gasteiger partial charge in [-0.3, -0.25) is 9.69 Å². The second-order valence-corrected chi connectivity index (χ2v) is 4.22. The summed E-state index contributed by atoms with van der Waals surface area (Å²) < 4.78 is 5.61. The van der Waals surface area contributed by atoms with E-state index in [1.165, 1.54) is 0 Å². The normalized spacial score (nSPS) is 30.1. The van der Waals surface area contributed by atoms with E-state index < -0.39 is 0 Å². The van der Waals surface area contributed by atoms with Crippen LogP contribution in [0.15, 0.2) is 0 Å². The number of rotatable bonds is 4. The SMILES string of the molecule is CNC(CN1CC(C)OC(C)C1)C(N)=O. The lowest BCUT2D eigenvalue weighted by Gasteiger charge is -2.36. The molecule has 1 fully saturated rings. The van der Waals surface area contributed by atoms with Gasteiger partial charge >= 0.3 is 0 Å². The Bertz CT molecular complexity index is 213. The van der Waals surface area contributed by atoms with Gasteiger partial charge in [0.2, 0.25) is 5.91 Å². The van der Waals surface area contributed by atoms with Crippen LogP contribution in [0.3, 0.4) is 0 Å². The van der Waals surface area contributed by atoms with Crippen LogP contribution in [0.2, 0.25) is 0 Å². The first kappa shape index (κ1) is 12.4. The van der Waals surface area contributed by atoms with Crippen LogP contribution in [0, 0.1) is 0 Å². The number of nitrogens with one attached hydrogen (secondary N) is 1. The molecule has 1 rings (SSSR count). The standard InChI is InChI=1S/C10H21N3O2/c1-7-4-13(5-8(2)15-7)6-9(12-3)10(11)14/h7-9,12H,4-6H2,1-3H3,(H2,11,14). The fraction of sp³-hybridized carbons (Fsp3) is 0.900. The Kier molecular flexibility index (Phi) is 4.50. The molecule has 0 bridgehead atoms. The minimum atomic E-state index is -0.302. The van der Waals surface area contributed by atoms with Crippen molar-refractivity contribution < 1.29 is 9.53 Å². The monoisotopic (exact) mass is 215 g/mol. The smallest absolute Gasteiger partial charge is 0.235 e. The largest absolute Gasteiger partial charge is 0.373 e. The highest BCUT2D eigenvalue weighted by molar-refractivity contribution is 5.80. The van der Waals surface area contributed by atoms with Gasteiger partial charge in [0.05, 0.1) is 18.2 Å². The number of carbonyl (C=O) groups is 1. The summed E-state index contributed by atoms with van der Waals surface area (Å²) >= 11 is 0. The summed E-state index contributed by atoms with van der Waals surface area (Å²) in [6.07, 6.45) is 0.443. The van der Waals surface area contributed by atoms with E-state index in [1.54, 1.807) is 7.05 Å². The van der Waals surface area contributed by atoms with Crippen molar-refractivity contribution in [1.82, 2.24) is 10.2 Å². The van der Waals surface area contributed by atoms with Crippen molar-refractivity contribution in [2.24, 2.45) is 5.73 Å². The second-order valence-electron chi connectivity index (χ2n) is 4.22. The minimum Gasteiger partial charge on any atom is -0.373 e. The Hall–Kier alpha value is -0.650. The number of likely N-dealkylation sites (N-methyl/N-ethyl adjacent to an activating group) is 1. The Balaban J connectivity index is 2.45. The predicted octanol–water partition coefficient (Wildman–Crippen LogP) is -0.831. The highest BCUT2D eigenvalue weighted by Crippen LogP contribution is 2.10. The molecule has 88 valence electrons. The molecule has 1 saturated heterocycles. The molecule has 3 atom stereocenters. The lowest BCUT2D eigenvalue weighted by molar-refractivity contribution is -0.121. The van der Waals surface area contributed by atoms with Crippen molar-refractivity contribution >= 4 is 5.91 Å². The summed E-state index contributed by atoms with van der Waals surface area (Å²) in [4.78, 5) is 13.3. The van der Waals surface area contributed by atoms with E-state index in [-0.39, 0.29) is 24.2 Å². The lowest BCUT2D eigenvalue weighted by atomic mass is 10.2. The third kappa shape index (κ3) is 3.77. The molecular formula is C10H21N3O2. The van der Waals surface area contributed by atoms with Crippen molar-refractivity contribution in [1.29, 1.82) is 0 Å². The average Bonchev–Trinajstić information content (AvgIpc) is 2.12. The zero-order valence-corrected chi connectivity index (χ0v) is 9.69. The predicted molar refractivity (Wildman–Crippen MR) is 58.5 cm³/mol. The number of ether oxygens (including phenoxy) is 1. The first-order chi connectivity index (χ1) is 7.02. The molecule has 0 radical (unpaired) electrons. The molecule has 1 heterocycles. The van der Waals surface area contributed by atoms with Gasteiger partial charge in [0.25, 0.3) is 0 Å². The van der Waals surface area contributed by atoms with Crippen molar-refractivity contribution in [2.45, 2.75) is 32.1 Å².